The Morgan fingerprint density at radius 3 is 2.67 bits per heavy atom. The smallest absolute Gasteiger partial charge is 0.163 e. The molecule has 9 heteroatoms. The van der Waals surface area contributed by atoms with Gasteiger partial charge < -0.3 is 15.5 Å². The maximum atomic E-state index is 15.2. The monoisotopic (exact) mass is 411 g/mol. The zero-order valence-electron chi connectivity index (χ0n) is 17.1. The van der Waals surface area contributed by atoms with Gasteiger partial charge in [0.05, 0.1) is 10.9 Å². The fourth-order valence-electron chi connectivity index (χ4n) is 4.24. The van der Waals surface area contributed by atoms with E-state index in [1.165, 1.54) is 6.07 Å². The van der Waals surface area contributed by atoms with E-state index in [2.05, 4.69) is 25.7 Å². The van der Waals surface area contributed by atoms with Gasteiger partial charge in [-0.3, -0.25) is 9.36 Å². The number of hydrogen-bond donors (Lipinski definition) is 2. The summed E-state index contributed by atoms with van der Waals surface area (Å²) in [5.74, 6) is -0.436. The molecule has 3 heterocycles. The molecule has 0 amide bonds. The van der Waals surface area contributed by atoms with Crippen LogP contribution in [0.4, 0.5) is 26.0 Å². The number of likely N-dealkylation sites (N-methyl/N-ethyl adjacent to an activating group) is 1. The van der Waals surface area contributed by atoms with Crippen LogP contribution in [0.5, 0.6) is 0 Å². The van der Waals surface area contributed by atoms with Crippen molar-refractivity contribution in [3.63, 3.8) is 0 Å². The van der Waals surface area contributed by atoms with Crippen LogP contribution in [0.3, 0.4) is 0 Å². The summed E-state index contributed by atoms with van der Waals surface area (Å²) >= 11 is 0. The maximum absolute atomic E-state index is 15.2. The number of aryl methyl sites for hydroxylation is 2. The molecule has 30 heavy (non-hydrogen) atoms. The molecular formula is C21H23F2N7. The molecule has 1 aliphatic rings. The van der Waals surface area contributed by atoms with E-state index in [-0.39, 0.29) is 5.82 Å². The fraction of sp³-hybridized carbons (Fsp3) is 0.333. The van der Waals surface area contributed by atoms with Gasteiger partial charge in [0.25, 0.3) is 0 Å². The Labute approximate surface area is 172 Å². The molecule has 2 N–H and O–H groups in total. The van der Waals surface area contributed by atoms with Crippen molar-refractivity contribution in [2.24, 2.45) is 14.1 Å². The summed E-state index contributed by atoms with van der Waals surface area (Å²) in [4.78, 5) is 2.18. The zero-order chi connectivity index (χ0) is 21.0. The Morgan fingerprint density at radius 1 is 1.07 bits per heavy atom. The van der Waals surface area contributed by atoms with Gasteiger partial charge in [0.15, 0.2) is 11.6 Å². The second-order valence-corrected chi connectivity index (χ2v) is 7.84. The normalized spacial score (nSPS) is 16.8. The van der Waals surface area contributed by atoms with Crippen molar-refractivity contribution in [1.29, 1.82) is 0 Å². The number of halogens is 2. The van der Waals surface area contributed by atoms with Gasteiger partial charge >= 0.3 is 0 Å². The molecule has 156 valence electrons. The zero-order valence-corrected chi connectivity index (χ0v) is 17.1. The van der Waals surface area contributed by atoms with E-state index < -0.39 is 5.82 Å². The summed E-state index contributed by atoms with van der Waals surface area (Å²) in [6, 6.07) is 7.05. The van der Waals surface area contributed by atoms with E-state index in [0.717, 1.165) is 25.2 Å². The number of rotatable bonds is 4. The number of hydrogen-bond acceptors (Lipinski definition) is 5. The third-order valence-electron chi connectivity index (χ3n) is 5.79. The first-order valence-corrected chi connectivity index (χ1v) is 9.91. The van der Waals surface area contributed by atoms with E-state index in [9.17, 15) is 4.39 Å². The van der Waals surface area contributed by atoms with E-state index in [1.807, 2.05) is 13.1 Å². The van der Waals surface area contributed by atoms with E-state index in [0.29, 0.717) is 39.4 Å². The molecule has 0 aliphatic carbocycles. The second-order valence-electron chi connectivity index (χ2n) is 7.84. The molecule has 1 atom stereocenters. The lowest BCUT2D eigenvalue weighted by Gasteiger charge is -2.19. The summed E-state index contributed by atoms with van der Waals surface area (Å²) in [6.07, 6.45) is 2.76. The lowest BCUT2D eigenvalue weighted by molar-refractivity contribution is 0.616. The number of aromatic nitrogens is 4. The summed E-state index contributed by atoms with van der Waals surface area (Å²) in [5, 5.41) is 16.0. The first-order chi connectivity index (χ1) is 14.4. The maximum Gasteiger partial charge on any atom is 0.163 e. The van der Waals surface area contributed by atoms with Crippen LogP contribution in [0.2, 0.25) is 0 Å². The molecule has 0 bridgehead atoms. The minimum Gasteiger partial charge on any atom is -0.370 e. The van der Waals surface area contributed by atoms with Gasteiger partial charge in [-0.25, -0.2) is 8.78 Å². The summed E-state index contributed by atoms with van der Waals surface area (Å²) < 4.78 is 32.8. The first kappa shape index (κ1) is 18.8. The molecule has 2 aromatic carbocycles. The van der Waals surface area contributed by atoms with Crippen molar-refractivity contribution in [3.05, 3.63) is 42.1 Å². The summed E-state index contributed by atoms with van der Waals surface area (Å²) in [5.41, 5.74) is 2.32. The molecule has 0 spiro atoms. The molecule has 0 unspecified atom stereocenters. The van der Waals surface area contributed by atoms with Crippen molar-refractivity contribution >= 4 is 39.0 Å². The van der Waals surface area contributed by atoms with Crippen LogP contribution in [0.25, 0.3) is 21.8 Å². The Kier molecular flexibility index (Phi) is 4.35. The minimum atomic E-state index is -0.438. The number of nitrogens with zero attached hydrogens (tertiary/aromatic N) is 5. The highest BCUT2D eigenvalue weighted by molar-refractivity contribution is 5.95. The molecule has 0 radical (unpaired) electrons. The summed E-state index contributed by atoms with van der Waals surface area (Å²) in [6.45, 7) is 1.72. The Morgan fingerprint density at radius 2 is 1.90 bits per heavy atom. The molecule has 1 fully saturated rings. The largest absolute Gasteiger partial charge is 0.370 e. The predicted molar refractivity (Wildman–Crippen MR) is 114 cm³/mol. The van der Waals surface area contributed by atoms with Crippen LogP contribution < -0.4 is 15.5 Å². The van der Waals surface area contributed by atoms with Crippen molar-refractivity contribution in [2.45, 2.75) is 12.5 Å². The molecule has 2 aromatic heterocycles. The van der Waals surface area contributed by atoms with Crippen LogP contribution in [0, 0.1) is 11.6 Å². The van der Waals surface area contributed by atoms with E-state index in [4.69, 9.17) is 0 Å². The third-order valence-corrected chi connectivity index (χ3v) is 5.79. The van der Waals surface area contributed by atoms with Gasteiger partial charge in [0, 0.05) is 56.2 Å². The Balaban J connectivity index is 1.53. The second kappa shape index (κ2) is 6.94. The molecule has 1 saturated heterocycles. The standard InChI is InChI=1S/C21H23F2N7/c1-24-13-4-5-30(11-13)15-8-16(22)19-18(9-15)29(3)27-21(19)25-14-6-12-10-28(2)26-20(12)17(23)7-14/h6-10,13,24H,4-5,11H2,1-3H3,(H,25,27)/t13-/m1/s1. The fourth-order valence-corrected chi connectivity index (χ4v) is 4.24. The number of fused-ring (bicyclic) bond motifs is 2. The molecule has 1 aliphatic heterocycles. The lowest BCUT2D eigenvalue weighted by atomic mass is 10.2. The van der Waals surface area contributed by atoms with Crippen LogP contribution in [-0.2, 0) is 14.1 Å². The average molecular weight is 411 g/mol. The van der Waals surface area contributed by atoms with Crippen molar-refractivity contribution in [1.82, 2.24) is 24.9 Å². The topological polar surface area (TPSA) is 62.9 Å². The first-order valence-electron chi connectivity index (χ1n) is 9.91. The highest BCUT2D eigenvalue weighted by Gasteiger charge is 2.24. The minimum absolute atomic E-state index is 0.301. The van der Waals surface area contributed by atoms with Crippen LogP contribution >= 0.6 is 0 Å². The van der Waals surface area contributed by atoms with Crippen LogP contribution in [0.1, 0.15) is 6.42 Å². The Hall–Kier alpha value is -3.20. The number of anilines is 3. The molecule has 4 aromatic rings. The van der Waals surface area contributed by atoms with Crippen LogP contribution in [-0.4, -0.2) is 45.7 Å². The lowest BCUT2D eigenvalue weighted by Crippen LogP contribution is -2.29. The van der Waals surface area contributed by atoms with Crippen LogP contribution in [0.15, 0.2) is 30.5 Å². The molecule has 5 rings (SSSR count). The predicted octanol–water partition coefficient (Wildman–Crippen LogP) is 3.28. The van der Waals surface area contributed by atoms with Gasteiger partial charge in [-0.1, -0.05) is 0 Å². The van der Waals surface area contributed by atoms with Crippen molar-refractivity contribution in [2.75, 3.05) is 30.4 Å². The quantitative estimate of drug-likeness (QED) is 0.540. The highest BCUT2D eigenvalue weighted by Crippen LogP contribution is 2.33. The van der Waals surface area contributed by atoms with Gasteiger partial charge in [-0.15, -0.1) is 0 Å². The van der Waals surface area contributed by atoms with Gasteiger partial charge in [0.2, 0.25) is 0 Å². The average Bonchev–Trinajstić information content (AvgIpc) is 3.39. The SMILES string of the molecule is CN[C@@H]1CCN(c2cc(F)c3c(Nc4cc(F)c5nn(C)cc5c4)nn(C)c3c2)C1. The van der Waals surface area contributed by atoms with E-state index in [1.54, 1.807) is 41.8 Å². The highest BCUT2D eigenvalue weighted by atomic mass is 19.1. The van der Waals surface area contributed by atoms with Gasteiger partial charge in [-0.2, -0.15) is 10.2 Å². The summed E-state index contributed by atoms with van der Waals surface area (Å²) in [7, 11) is 5.47. The van der Waals surface area contributed by atoms with Gasteiger partial charge in [-0.05, 0) is 37.7 Å². The Bertz CT molecular complexity index is 1260. The molecule has 0 saturated carbocycles. The van der Waals surface area contributed by atoms with E-state index >= 15 is 4.39 Å². The molecular weight excluding hydrogens is 388 g/mol. The number of nitrogens with one attached hydrogen (secondary N) is 2. The number of benzene rings is 2. The molecule has 7 nitrogen and oxygen atoms in total. The van der Waals surface area contributed by atoms with Gasteiger partial charge in [0.1, 0.15) is 11.3 Å². The van der Waals surface area contributed by atoms with Crippen molar-refractivity contribution < 1.29 is 8.78 Å². The van der Waals surface area contributed by atoms with Crippen molar-refractivity contribution in [3.8, 4) is 0 Å². The third kappa shape index (κ3) is 3.06.